The van der Waals surface area contributed by atoms with E-state index >= 15 is 8.78 Å². The Morgan fingerprint density at radius 2 is 0.974 bits per heavy atom. The molecule has 0 spiro atoms. The Morgan fingerprint density at radius 1 is 0.590 bits per heavy atom. The number of benzene rings is 2. The van der Waals surface area contributed by atoms with E-state index < -0.39 is 44.0 Å². The van der Waals surface area contributed by atoms with Crippen LogP contribution in [0, 0.1) is 23.3 Å². The summed E-state index contributed by atoms with van der Waals surface area (Å²) in [5, 5.41) is 0. The molecule has 0 unspecified atom stereocenters. The van der Waals surface area contributed by atoms with Crippen molar-refractivity contribution in [2.75, 3.05) is 0 Å². The molecule has 0 bridgehead atoms. The summed E-state index contributed by atoms with van der Waals surface area (Å²) in [5.41, 5.74) is 2.86. The molecule has 3 aliphatic rings. The summed E-state index contributed by atoms with van der Waals surface area (Å²) in [4.78, 5) is -1.95. The van der Waals surface area contributed by atoms with Crippen molar-refractivity contribution in [1.82, 2.24) is 0 Å². The molecule has 0 aromatic heterocycles. The molecule has 9 heteroatoms. The molecule has 0 aliphatic heterocycles. The molecule has 3 saturated carbocycles. The van der Waals surface area contributed by atoms with Gasteiger partial charge in [-0.15, -0.1) is 8.42 Å². The van der Waals surface area contributed by atoms with E-state index in [2.05, 4.69) is 12.1 Å². The standard InChI is InChI=1S/C30H36F4O4S/c31-24-26(33)30(39(35,36)37)27(34)25(32)29(24)38-28-22(19-12-6-2-7-13-19)16-21(18-10-4-1-5-11-18)17-23(28)20-14-8-3-9-15-20/h16-20H,1-15H2,(H,35,36,37)/p+1. The van der Waals surface area contributed by atoms with Gasteiger partial charge in [0.15, 0.2) is 11.6 Å². The van der Waals surface area contributed by atoms with E-state index in [0.29, 0.717) is 5.92 Å². The van der Waals surface area contributed by atoms with Gasteiger partial charge in [-0.25, -0.2) is 8.78 Å². The molecule has 0 amide bonds. The summed E-state index contributed by atoms with van der Waals surface area (Å²) in [6, 6.07) is 4.19. The number of hydrogen-bond acceptors (Lipinski definition) is 3. The predicted molar refractivity (Wildman–Crippen MR) is 141 cm³/mol. The lowest BCUT2D eigenvalue weighted by Crippen LogP contribution is -2.15. The van der Waals surface area contributed by atoms with Crippen molar-refractivity contribution in [2.45, 2.75) is 119 Å². The van der Waals surface area contributed by atoms with Crippen LogP contribution in [0.5, 0.6) is 11.5 Å². The maximum absolute atomic E-state index is 15.2. The largest absolute Gasteiger partial charge is 0.450 e. The molecule has 0 heterocycles. The van der Waals surface area contributed by atoms with Crippen LogP contribution in [0.15, 0.2) is 17.0 Å². The Balaban J connectivity index is 1.69. The quantitative estimate of drug-likeness (QED) is 0.199. The zero-order valence-corrected chi connectivity index (χ0v) is 23.0. The van der Waals surface area contributed by atoms with Crippen molar-refractivity contribution in [2.24, 2.45) is 0 Å². The molecule has 0 atom stereocenters. The number of halogens is 4. The minimum Gasteiger partial charge on any atom is -0.450 e. The molecule has 39 heavy (non-hydrogen) atoms. The van der Waals surface area contributed by atoms with Gasteiger partial charge in [0.1, 0.15) is 5.75 Å². The second kappa shape index (κ2) is 11.8. The third-order valence-corrected chi connectivity index (χ3v) is 9.89. The van der Waals surface area contributed by atoms with Gasteiger partial charge in [0, 0.05) is 0 Å². The topological polar surface area (TPSA) is 66.3 Å². The van der Waals surface area contributed by atoms with Crippen LogP contribution in [-0.4, -0.2) is 13.0 Å². The Labute approximate surface area is 227 Å². The summed E-state index contributed by atoms with van der Waals surface area (Å²) < 4.78 is 95.9. The lowest BCUT2D eigenvalue weighted by molar-refractivity contribution is 0.335. The maximum Gasteiger partial charge on any atom is 0.415 e. The van der Waals surface area contributed by atoms with E-state index in [1.165, 1.54) is 12.0 Å². The van der Waals surface area contributed by atoms with E-state index in [-0.39, 0.29) is 17.6 Å². The molecular weight excluding hydrogens is 532 g/mol. The van der Waals surface area contributed by atoms with Gasteiger partial charge in [-0.2, -0.15) is 8.78 Å². The third-order valence-electron chi connectivity index (χ3n) is 8.99. The fourth-order valence-electron chi connectivity index (χ4n) is 6.94. The monoisotopic (exact) mass is 569 g/mol. The average Bonchev–Trinajstić information content (AvgIpc) is 2.95. The van der Waals surface area contributed by atoms with Gasteiger partial charge in [-0.1, -0.05) is 69.9 Å². The fraction of sp³-hybridized carbons (Fsp3) is 0.600. The Hall–Kier alpha value is -2.13. The average molecular weight is 570 g/mol. The van der Waals surface area contributed by atoms with E-state index in [1.54, 1.807) is 0 Å². The zero-order chi connectivity index (χ0) is 27.7. The van der Waals surface area contributed by atoms with Crippen LogP contribution in [0.1, 0.15) is 131 Å². The Kier molecular flexibility index (Phi) is 8.57. The zero-order valence-electron chi connectivity index (χ0n) is 22.1. The highest BCUT2D eigenvalue weighted by atomic mass is 32.2. The smallest absolute Gasteiger partial charge is 0.415 e. The van der Waals surface area contributed by atoms with Crippen molar-refractivity contribution in [3.05, 3.63) is 52.1 Å². The summed E-state index contributed by atoms with van der Waals surface area (Å²) in [5.74, 6) is -8.64. The van der Waals surface area contributed by atoms with Crippen LogP contribution in [0.25, 0.3) is 0 Å². The SMILES string of the molecule is O=S(=O)([OH2+])c1c(F)c(F)c(Oc2c(C3CCCCC3)cc(C3CCCCC3)cc2C2CCCCC2)c(F)c1F. The maximum atomic E-state index is 15.2. The fourth-order valence-corrected chi connectivity index (χ4v) is 7.59. The first kappa shape index (κ1) is 28.4. The van der Waals surface area contributed by atoms with Crippen LogP contribution >= 0.6 is 0 Å². The van der Waals surface area contributed by atoms with Crippen LogP contribution in [-0.2, 0) is 10.1 Å². The molecule has 214 valence electrons. The summed E-state index contributed by atoms with van der Waals surface area (Å²) >= 11 is 0. The van der Waals surface area contributed by atoms with Gasteiger partial charge in [0.25, 0.3) is 0 Å². The van der Waals surface area contributed by atoms with E-state index in [0.717, 1.165) is 101 Å². The summed E-state index contributed by atoms with van der Waals surface area (Å²) in [7, 11) is -5.30. The van der Waals surface area contributed by atoms with Gasteiger partial charge in [0.2, 0.25) is 22.3 Å². The Morgan fingerprint density at radius 3 is 1.36 bits per heavy atom. The second-order valence-electron chi connectivity index (χ2n) is 11.6. The minimum absolute atomic E-state index is 0.0911. The van der Waals surface area contributed by atoms with Gasteiger partial charge in [0.05, 0.1) is 0 Å². The first-order chi connectivity index (χ1) is 18.7. The molecule has 2 aromatic carbocycles. The van der Waals surface area contributed by atoms with E-state index in [1.807, 2.05) is 0 Å². The second-order valence-corrected chi connectivity index (χ2v) is 13.0. The highest BCUT2D eigenvalue weighted by Gasteiger charge is 2.37. The van der Waals surface area contributed by atoms with Gasteiger partial charge in [-0.3, -0.25) is 0 Å². The molecule has 3 fully saturated rings. The van der Waals surface area contributed by atoms with E-state index in [4.69, 9.17) is 9.29 Å². The molecule has 3 aliphatic carbocycles. The Bertz CT molecular complexity index is 1240. The van der Waals surface area contributed by atoms with Gasteiger partial charge in [-0.05, 0) is 73.0 Å². The molecule has 4 nitrogen and oxygen atoms in total. The number of hydrogen-bond donors (Lipinski definition) is 0. The van der Waals surface area contributed by atoms with Gasteiger partial charge >= 0.3 is 10.1 Å². The lowest BCUT2D eigenvalue weighted by Gasteiger charge is -2.32. The highest BCUT2D eigenvalue weighted by Crippen LogP contribution is 2.49. The first-order valence-corrected chi connectivity index (χ1v) is 15.9. The highest BCUT2D eigenvalue weighted by molar-refractivity contribution is 7.85. The van der Waals surface area contributed by atoms with Crippen molar-refractivity contribution >= 4 is 10.1 Å². The summed E-state index contributed by atoms with van der Waals surface area (Å²) in [6.07, 6.45) is 15.5. The van der Waals surface area contributed by atoms with Crippen LogP contribution in [0.2, 0.25) is 0 Å². The molecule has 2 N–H and O–H groups in total. The number of rotatable bonds is 6. The van der Waals surface area contributed by atoms with Crippen LogP contribution in [0.3, 0.4) is 0 Å². The van der Waals surface area contributed by atoms with Crippen molar-refractivity contribution in [1.29, 1.82) is 0 Å². The lowest BCUT2D eigenvalue weighted by atomic mass is 9.75. The normalized spacial score (nSPS) is 20.3. The molecular formula is C30H37F4O4S+. The van der Waals surface area contributed by atoms with Crippen molar-refractivity contribution in [3.63, 3.8) is 0 Å². The molecule has 5 rings (SSSR count). The molecule has 2 aromatic rings. The number of ether oxygens (including phenoxy) is 1. The molecule has 0 saturated heterocycles. The third kappa shape index (κ3) is 5.85. The minimum atomic E-state index is -5.30. The van der Waals surface area contributed by atoms with Crippen LogP contribution in [0.4, 0.5) is 17.6 Å². The van der Waals surface area contributed by atoms with Crippen molar-refractivity contribution in [3.8, 4) is 11.5 Å². The van der Waals surface area contributed by atoms with Crippen molar-refractivity contribution < 1.29 is 35.3 Å². The summed E-state index contributed by atoms with van der Waals surface area (Å²) in [6.45, 7) is 0. The first-order valence-electron chi connectivity index (χ1n) is 14.4. The predicted octanol–water partition coefficient (Wildman–Crippen LogP) is 8.59. The van der Waals surface area contributed by atoms with Crippen LogP contribution < -0.4 is 4.74 Å². The van der Waals surface area contributed by atoms with Gasteiger partial charge < -0.3 is 9.29 Å². The van der Waals surface area contributed by atoms with E-state index in [9.17, 15) is 17.2 Å². The molecule has 0 radical (unpaired) electrons.